The van der Waals surface area contributed by atoms with Crippen LogP contribution in [0.1, 0.15) is 23.6 Å². The van der Waals surface area contributed by atoms with E-state index in [1.165, 1.54) is 12.7 Å². The van der Waals surface area contributed by atoms with Crippen molar-refractivity contribution >= 4 is 16.9 Å². The van der Waals surface area contributed by atoms with Gasteiger partial charge in [-0.25, -0.2) is 4.79 Å². The number of nitrogens with zero attached hydrogens (tertiary/aromatic N) is 1. The lowest BCUT2D eigenvalue weighted by Crippen LogP contribution is -2.12. The number of ether oxygens (including phenoxy) is 4. The van der Waals surface area contributed by atoms with Crippen molar-refractivity contribution in [2.45, 2.75) is 27.0 Å². The van der Waals surface area contributed by atoms with Crippen molar-refractivity contribution in [2.75, 3.05) is 20.3 Å². The lowest BCUT2D eigenvalue weighted by atomic mass is 10.1. The van der Waals surface area contributed by atoms with E-state index in [1.807, 2.05) is 67.6 Å². The first-order valence-corrected chi connectivity index (χ1v) is 13.4. The van der Waals surface area contributed by atoms with Crippen LogP contribution in [-0.2, 0) is 22.7 Å². The first-order valence-electron chi connectivity index (χ1n) is 13.4. The Morgan fingerprint density at radius 2 is 1.43 bits per heavy atom. The van der Waals surface area contributed by atoms with Crippen LogP contribution < -0.4 is 14.2 Å². The fourth-order valence-corrected chi connectivity index (χ4v) is 4.82. The molecule has 5 rings (SSSR count). The second kappa shape index (κ2) is 12.4. The van der Waals surface area contributed by atoms with Gasteiger partial charge >= 0.3 is 5.97 Å². The van der Waals surface area contributed by atoms with Gasteiger partial charge in [0, 0.05) is 17.4 Å². The molecule has 0 radical (unpaired) electrons. The zero-order chi connectivity index (χ0) is 27.9. The molecule has 0 atom stereocenters. The normalized spacial score (nSPS) is 10.9. The van der Waals surface area contributed by atoms with E-state index in [9.17, 15) is 4.79 Å². The number of carbonyl (C=O) groups excluding carboxylic acids is 1. The largest absolute Gasteiger partial charge is 0.494 e. The predicted octanol–water partition coefficient (Wildman–Crippen LogP) is 7.19. The lowest BCUT2D eigenvalue weighted by Gasteiger charge is -2.14. The number of esters is 1. The van der Waals surface area contributed by atoms with E-state index in [4.69, 9.17) is 14.2 Å². The maximum absolute atomic E-state index is 11.4. The third-order valence-electron chi connectivity index (χ3n) is 6.82. The highest BCUT2D eigenvalue weighted by Gasteiger charge is 2.17. The van der Waals surface area contributed by atoms with Crippen molar-refractivity contribution in [3.05, 3.63) is 114 Å². The van der Waals surface area contributed by atoms with Gasteiger partial charge in [-0.3, -0.25) is 0 Å². The number of benzene rings is 4. The summed E-state index contributed by atoms with van der Waals surface area (Å²) >= 11 is 0. The van der Waals surface area contributed by atoms with Crippen molar-refractivity contribution < 1.29 is 23.7 Å². The summed E-state index contributed by atoms with van der Waals surface area (Å²) in [5.41, 5.74) is 6.80. The average Bonchev–Trinajstić information content (AvgIpc) is 3.26. The van der Waals surface area contributed by atoms with E-state index in [1.54, 1.807) is 0 Å². The number of fused-ring (bicyclic) bond motifs is 1. The molecule has 0 N–H and O–H groups in total. The maximum atomic E-state index is 11.4. The summed E-state index contributed by atoms with van der Waals surface area (Å²) in [6, 6.07) is 32.5. The molecule has 0 aliphatic carbocycles. The molecule has 0 saturated heterocycles. The fraction of sp³-hybridized carbons (Fsp3) is 0.206. The van der Waals surface area contributed by atoms with Gasteiger partial charge in [-0.2, -0.15) is 0 Å². The number of hydrogen-bond acceptors (Lipinski definition) is 5. The van der Waals surface area contributed by atoms with Crippen LogP contribution >= 0.6 is 0 Å². The summed E-state index contributed by atoms with van der Waals surface area (Å²) in [6.07, 6.45) is 0. The molecule has 0 spiro atoms. The van der Waals surface area contributed by atoms with E-state index in [0.29, 0.717) is 25.5 Å². The Hall–Kier alpha value is -4.71. The topological polar surface area (TPSA) is 58.9 Å². The molecule has 0 unspecified atom stereocenters. The highest BCUT2D eigenvalue weighted by molar-refractivity contribution is 5.92. The Bertz CT molecular complexity index is 1570. The molecule has 5 aromatic rings. The smallest absolute Gasteiger partial charge is 0.343 e. The van der Waals surface area contributed by atoms with Gasteiger partial charge in [-0.1, -0.05) is 42.5 Å². The molecule has 1 aromatic heterocycles. The van der Waals surface area contributed by atoms with Crippen LogP contribution in [0.25, 0.3) is 22.2 Å². The molecule has 0 aliphatic rings. The van der Waals surface area contributed by atoms with Crippen molar-refractivity contribution in [3.63, 3.8) is 0 Å². The Morgan fingerprint density at radius 3 is 2.12 bits per heavy atom. The van der Waals surface area contributed by atoms with E-state index in [0.717, 1.165) is 44.8 Å². The van der Waals surface area contributed by atoms with Gasteiger partial charge < -0.3 is 23.5 Å². The molecule has 4 aromatic carbocycles. The van der Waals surface area contributed by atoms with Gasteiger partial charge in [0.15, 0.2) is 6.61 Å². The number of aryl methyl sites for hydroxylation is 1. The minimum atomic E-state index is -0.412. The summed E-state index contributed by atoms with van der Waals surface area (Å²) in [6.45, 7) is 5.84. The monoisotopic (exact) mass is 535 g/mol. The Kier molecular flexibility index (Phi) is 8.35. The molecule has 6 heteroatoms. The van der Waals surface area contributed by atoms with Crippen LogP contribution in [-0.4, -0.2) is 30.9 Å². The van der Waals surface area contributed by atoms with Crippen molar-refractivity contribution in [1.82, 2.24) is 4.57 Å². The molecule has 0 saturated carbocycles. The van der Waals surface area contributed by atoms with Crippen molar-refractivity contribution in [2.24, 2.45) is 0 Å². The van der Waals surface area contributed by atoms with Crippen LogP contribution in [0, 0.1) is 6.92 Å². The standard InChI is InChI=1S/C34H33NO5/c1-4-38-28-16-12-27(13-17-28)34-24(2)31-20-30(39-22-26-8-6-5-7-9-26)18-19-32(31)35(34)21-25-10-14-29(15-11-25)40-23-33(36)37-3/h5-20H,4,21-23H2,1-3H3. The molecule has 1 heterocycles. The van der Waals surface area contributed by atoms with Crippen LogP contribution in [0.3, 0.4) is 0 Å². The summed E-state index contributed by atoms with van der Waals surface area (Å²) in [4.78, 5) is 11.4. The van der Waals surface area contributed by atoms with Crippen molar-refractivity contribution in [3.8, 4) is 28.5 Å². The molecule has 0 amide bonds. The third-order valence-corrected chi connectivity index (χ3v) is 6.82. The molecule has 0 fully saturated rings. The minimum absolute atomic E-state index is 0.117. The number of hydrogen-bond donors (Lipinski definition) is 0. The van der Waals surface area contributed by atoms with Crippen LogP contribution in [0.15, 0.2) is 97.1 Å². The van der Waals surface area contributed by atoms with Gasteiger partial charge in [0.2, 0.25) is 0 Å². The molecule has 204 valence electrons. The van der Waals surface area contributed by atoms with Gasteiger partial charge in [0.1, 0.15) is 23.9 Å². The summed E-state index contributed by atoms with van der Waals surface area (Å²) in [5.74, 6) is 1.90. The predicted molar refractivity (Wildman–Crippen MR) is 157 cm³/mol. The fourth-order valence-electron chi connectivity index (χ4n) is 4.82. The highest BCUT2D eigenvalue weighted by atomic mass is 16.6. The van der Waals surface area contributed by atoms with Gasteiger partial charge in [-0.05, 0) is 90.7 Å². The van der Waals surface area contributed by atoms with Crippen LogP contribution in [0.5, 0.6) is 17.2 Å². The first kappa shape index (κ1) is 26.9. The Labute approximate surface area is 234 Å². The summed E-state index contributed by atoms with van der Waals surface area (Å²) < 4.78 is 24.4. The Balaban J connectivity index is 1.48. The highest BCUT2D eigenvalue weighted by Crippen LogP contribution is 2.36. The first-order chi connectivity index (χ1) is 19.6. The number of methoxy groups -OCH3 is 1. The third kappa shape index (κ3) is 6.12. The SMILES string of the molecule is CCOc1ccc(-c2c(C)c3cc(OCc4ccccc4)ccc3n2Cc2ccc(OCC(=O)OC)cc2)cc1. The number of carbonyl (C=O) groups is 1. The molecular formula is C34H33NO5. The zero-order valence-electron chi connectivity index (χ0n) is 23.1. The molecule has 40 heavy (non-hydrogen) atoms. The van der Waals surface area contributed by atoms with E-state index in [2.05, 4.69) is 52.6 Å². The Morgan fingerprint density at radius 1 is 0.750 bits per heavy atom. The zero-order valence-corrected chi connectivity index (χ0v) is 23.1. The summed E-state index contributed by atoms with van der Waals surface area (Å²) in [5, 5.41) is 1.15. The van der Waals surface area contributed by atoms with E-state index >= 15 is 0 Å². The number of aromatic nitrogens is 1. The summed E-state index contributed by atoms with van der Waals surface area (Å²) in [7, 11) is 1.35. The van der Waals surface area contributed by atoms with Crippen LogP contribution in [0.4, 0.5) is 0 Å². The molecule has 0 aliphatic heterocycles. The van der Waals surface area contributed by atoms with Gasteiger partial charge in [0.25, 0.3) is 0 Å². The minimum Gasteiger partial charge on any atom is -0.494 e. The van der Waals surface area contributed by atoms with Gasteiger partial charge in [0.05, 0.1) is 19.4 Å². The second-order valence-electron chi connectivity index (χ2n) is 9.48. The average molecular weight is 536 g/mol. The molecule has 0 bridgehead atoms. The van der Waals surface area contributed by atoms with E-state index in [-0.39, 0.29) is 6.61 Å². The van der Waals surface area contributed by atoms with E-state index < -0.39 is 5.97 Å². The molecule has 6 nitrogen and oxygen atoms in total. The van der Waals surface area contributed by atoms with Crippen molar-refractivity contribution in [1.29, 1.82) is 0 Å². The quantitative estimate of drug-likeness (QED) is 0.168. The molecular weight excluding hydrogens is 502 g/mol. The number of rotatable bonds is 11. The lowest BCUT2D eigenvalue weighted by molar-refractivity contribution is -0.142. The van der Waals surface area contributed by atoms with Crippen LogP contribution in [0.2, 0.25) is 0 Å². The second-order valence-corrected chi connectivity index (χ2v) is 9.48. The van der Waals surface area contributed by atoms with Gasteiger partial charge in [-0.15, -0.1) is 0 Å². The maximum Gasteiger partial charge on any atom is 0.343 e.